The number of carbonyl (C=O) groups is 1. The van der Waals surface area contributed by atoms with Crippen molar-refractivity contribution in [2.24, 2.45) is 0 Å². The van der Waals surface area contributed by atoms with Crippen molar-refractivity contribution in [2.75, 3.05) is 19.7 Å². The highest BCUT2D eigenvalue weighted by molar-refractivity contribution is 5.95. The number of likely N-dealkylation sites (tertiary alicyclic amines) is 1. The van der Waals surface area contributed by atoms with E-state index in [0.717, 1.165) is 5.69 Å². The van der Waals surface area contributed by atoms with Gasteiger partial charge >= 0.3 is 0 Å². The summed E-state index contributed by atoms with van der Waals surface area (Å²) in [5, 5.41) is 23.6. The molecule has 1 saturated heterocycles. The number of aryl methyl sites for hydroxylation is 1. The summed E-state index contributed by atoms with van der Waals surface area (Å²) >= 11 is 0. The number of hydrogen-bond donors (Lipinski definition) is 2. The summed E-state index contributed by atoms with van der Waals surface area (Å²) < 4.78 is 1.65. The molecular weight excluding hydrogens is 284 g/mol. The first kappa shape index (κ1) is 14.9. The maximum absolute atomic E-state index is 12.7. The van der Waals surface area contributed by atoms with E-state index in [1.54, 1.807) is 27.9 Å². The van der Waals surface area contributed by atoms with Gasteiger partial charge < -0.3 is 15.1 Å². The summed E-state index contributed by atoms with van der Waals surface area (Å²) in [6, 6.07) is 1.79. The summed E-state index contributed by atoms with van der Waals surface area (Å²) in [5.41, 5.74) is 0.903. The van der Waals surface area contributed by atoms with Gasteiger partial charge in [0.2, 0.25) is 0 Å². The van der Waals surface area contributed by atoms with Crippen LogP contribution in [0.3, 0.4) is 0 Å². The van der Waals surface area contributed by atoms with Gasteiger partial charge in [0.25, 0.3) is 5.91 Å². The SMILES string of the molecule is Cc1c(C(=O)N2CCCC(O)(CO)CC2)cnc2ccnn12. The van der Waals surface area contributed by atoms with Crippen LogP contribution in [0.4, 0.5) is 0 Å². The second-order valence-corrected chi connectivity index (χ2v) is 5.89. The average molecular weight is 304 g/mol. The molecule has 2 N–H and O–H groups in total. The third-order valence-corrected chi connectivity index (χ3v) is 4.39. The summed E-state index contributed by atoms with van der Waals surface area (Å²) in [6.07, 6.45) is 4.78. The molecule has 1 aliphatic rings. The number of amides is 1. The molecule has 0 spiro atoms. The van der Waals surface area contributed by atoms with Crippen LogP contribution < -0.4 is 0 Å². The van der Waals surface area contributed by atoms with Crippen molar-refractivity contribution in [3.05, 3.63) is 29.7 Å². The Kier molecular flexibility index (Phi) is 3.84. The lowest BCUT2D eigenvalue weighted by Crippen LogP contribution is -2.37. The number of aliphatic hydroxyl groups excluding tert-OH is 1. The van der Waals surface area contributed by atoms with Crippen molar-refractivity contribution < 1.29 is 15.0 Å². The monoisotopic (exact) mass is 304 g/mol. The second kappa shape index (κ2) is 5.66. The third kappa shape index (κ3) is 2.57. The molecule has 0 aliphatic carbocycles. The predicted octanol–water partition coefficient (Wildman–Crippen LogP) is 0.387. The Balaban J connectivity index is 1.85. The highest BCUT2D eigenvalue weighted by Gasteiger charge is 2.31. The number of hydrogen-bond acceptors (Lipinski definition) is 5. The van der Waals surface area contributed by atoms with Crippen molar-refractivity contribution in [3.63, 3.8) is 0 Å². The van der Waals surface area contributed by atoms with E-state index >= 15 is 0 Å². The number of nitrogens with zero attached hydrogens (tertiary/aromatic N) is 4. The first-order valence-electron chi connectivity index (χ1n) is 7.46. The van der Waals surface area contributed by atoms with Crippen LogP contribution in [0.15, 0.2) is 18.5 Å². The molecule has 3 rings (SSSR count). The molecule has 1 atom stereocenters. The zero-order valence-corrected chi connectivity index (χ0v) is 12.6. The Morgan fingerprint density at radius 2 is 2.23 bits per heavy atom. The zero-order valence-electron chi connectivity index (χ0n) is 12.6. The fourth-order valence-electron chi connectivity index (χ4n) is 2.91. The van der Waals surface area contributed by atoms with Gasteiger partial charge in [0.05, 0.1) is 29.7 Å². The van der Waals surface area contributed by atoms with Crippen molar-refractivity contribution >= 4 is 11.6 Å². The normalized spacial score (nSPS) is 22.8. The number of aliphatic hydroxyl groups is 2. The van der Waals surface area contributed by atoms with Crippen LogP contribution in [0.25, 0.3) is 5.65 Å². The Hall–Kier alpha value is -1.99. The molecule has 0 saturated carbocycles. The predicted molar refractivity (Wildman–Crippen MR) is 79.5 cm³/mol. The van der Waals surface area contributed by atoms with E-state index in [1.807, 2.05) is 6.92 Å². The van der Waals surface area contributed by atoms with Gasteiger partial charge in [-0.15, -0.1) is 0 Å². The molecule has 2 aromatic rings. The molecule has 1 aliphatic heterocycles. The molecule has 2 aromatic heterocycles. The summed E-state index contributed by atoms with van der Waals surface area (Å²) in [6.45, 7) is 2.57. The lowest BCUT2D eigenvalue weighted by molar-refractivity contribution is -0.0250. The van der Waals surface area contributed by atoms with Crippen molar-refractivity contribution in [1.82, 2.24) is 19.5 Å². The summed E-state index contributed by atoms with van der Waals surface area (Å²) in [7, 11) is 0. The van der Waals surface area contributed by atoms with E-state index in [4.69, 9.17) is 0 Å². The fourth-order valence-corrected chi connectivity index (χ4v) is 2.91. The molecule has 0 aromatic carbocycles. The Bertz CT molecular complexity index is 699. The van der Waals surface area contributed by atoms with Crippen LogP contribution in [0.1, 0.15) is 35.3 Å². The first-order valence-corrected chi connectivity index (χ1v) is 7.46. The minimum atomic E-state index is -1.08. The Morgan fingerprint density at radius 3 is 3.00 bits per heavy atom. The number of rotatable bonds is 2. The van der Waals surface area contributed by atoms with Gasteiger partial charge in [-0.1, -0.05) is 0 Å². The summed E-state index contributed by atoms with van der Waals surface area (Å²) in [5.74, 6) is -0.107. The lowest BCUT2D eigenvalue weighted by Gasteiger charge is -2.24. The molecule has 0 bridgehead atoms. The number of aromatic nitrogens is 3. The van der Waals surface area contributed by atoms with E-state index in [1.165, 1.54) is 0 Å². The van der Waals surface area contributed by atoms with E-state index < -0.39 is 5.60 Å². The Morgan fingerprint density at radius 1 is 1.41 bits per heavy atom. The fraction of sp³-hybridized carbons (Fsp3) is 0.533. The van der Waals surface area contributed by atoms with E-state index in [-0.39, 0.29) is 12.5 Å². The average Bonchev–Trinajstić information content (AvgIpc) is 2.91. The molecule has 3 heterocycles. The summed E-state index contributed by atoms with van der Waals surface area (Å²) in [4.78, 5) is 18.7. The maximum atomic E-state index is 12.7. The lowest BCUT2D eigenvalue weighted by atomic mass is 9.96. The van der Waals surface area contributed by atoms with Crippen LogP contribution in [-0.2, 0) is 0 Å². The smallest absolute Gasteiger partial charge is 0.257 e. The van der Waals surface area contributed by atoms with Gasteiger partial charge in [-0.25, -0.2) is 9.50 Å². The van der Waals surface area contributed by atoms with Gasteiger partial charge in [-0.3, -0.25) is 4.79 Å². The molecule has 1 amide bonds. The molecule has 7 nitrogen and oxygen atoms in total. The topological polar surface area (TPSA) is 91.0 Å². The molecule has 0 radical (unpaired) electrons. The maximum Gasteiger partial charge on any atom is 0.257 e. The quantitative estimate of drug-likeness (QED) is 0.837. The minimum absolute atomic E-state index is 0.107. The highest BCUT2D eigenvalue weighted by Crippen LogP contribution is 2.23. The van der Waals surface area contributed by atoms with Gasteiger partial charge in [0.15, 0.2) is 5.65 Å². The van der Waals surface area contributed by atoms with E-state index in [0.29, 0.717) is 43.6 Å². The molecule has 1 fully saturated rings. The van der Waals surface area contributed by atoms with Gasteiger partial charge in [-0.05, 0) is 26.2 Å². The van der Waals surface area contributed by atoms with E-state index in [9.17, 15) is 15.0 Å². The second-order valence-electron chi connectivity index (χ2n) is 5.89. The largest absolute Gasteiger partial charge is 0.393 e. The van der Waals surface area contributed by atoms with Crippen molar-refractivity contribution in [3.8, 4) is 0 Å². The highest BCUT2D eigenvalue weighted by atomic mass is 16.3. The molecule has 1 unspecified atom stereocenters. The van der Waals surface area contributed by atoms with E-state index in [2.05, 4.69) is 10.1 Å². The zero-order chi connectivity index (χ0) is 15.7. The van der Waals surface area contributed by atoms with Gasteiger partial charge in [0.1, 0.15) is 0 Å². The molecule has 7 heteroatoms. The van der Waals surface area contributed by atoms with Crippen molar-refractivity contribution in [1.29, 1.82) is 0 Å². The Labute approximate surface area is 128 Å². The molecule has 22 heavy (non-hydrogen) atoms. The molecule has 118 valence electrons. The van der Waals surface area contributed by atoms with Gasteiger partial charge in [0, 0.05) is 25.4 Å². The number of carbonyl (C=O) groups excluding carboxylic acids is 1. The van der Waals surface area contributed by atoms with Crippen LogP contribution in [0, 0.1) is 6.92 Å². The van der Waals surface area contributed by atoms with Crippen LogP contribution in [-0.4, -0.2) is 60.9 Å². The van der Waals surface area contributed by atoms with Gasteiger partial charge in [-0.2, -0.15) is 5.10 Å². The standard InChI is InChI=1S/C15H20N4O3/c1-11-12(9-16-13-3-6-17-19(11)13)14(21)18-7-2-4-15(22,10-20)5-8-18/h3,6,9,20,22H,2,4-5,7-8,10H2,1H3. The number of fused-ring (bicyclic) bond motifs is 1. The third-order valence-electron chi connectivity index (χ3n) is 4.39. The first-order chi connectivity index (χ1) is 10.5. The minimum Gasteiger partial charge on any atom is -0.393 e. The van der Waals surface area contributed by atoms with Crippen molar-refractivity contribution in [2.45, 2.75) is 31.8 Å². The molecular formula is C15H20N4O3. The van der Waals surface area contributed by atoms with Crippen LogP contribution >= 0.6 is 0 Å². The van der Waals surface area contributed by atoms with Crippen LogP contribution in [0.2, 0.25) is 0 Å². The van der Waals surface area contributed by atoms with Crippen LogP contribution in [0.5, 0.6) is 0 Å².